The molecule has 4 aromatic rings. The number of rotatable bonds is 5. The highest BCUT2D eigenvalue weighted by molar-refractivity contribution is 8.01. The predicted octanol–water partition coefficient (Wildman–Crippen LogP) is 6.31. The van der Waals surface area contributed by atoms with E-state index < -0.39 is 9.84 Å². The van der Waals surface area contributed by atoms with Crippen LogP contribution in [0.15, 0.2) is 86.9 Å². The van der Waals surface area contributed by atoms with Gasteiger partial charge in [0, 0.05) is 22.3 Å². The quantitative estimate of drug-likeness (QED) is 0.351. The highest BCUT2D eigenvalue weighted by Crippen LogP contribution is 2.44. The molecule has 1 aromatic heterocycles. The number of benzene rings is 3. The minimum Gasteiger partial charge on any atom is -0.229 e. The Balaban J connectivity index is 1.87. The summed E-state index contributed by atoms with van der Waals surface area (Å²) in [5, 5.41) is 0. The van der Waals surface area contributed by atoms with Crippen molar-refractivity contribution in [3.8, 4) is 21.7 Å². The molecule has 30 heavy (non-hydrogen) atoms. The molecular formula is C22H15F2NO2S3. The fraction of sp³-hybridized carbons (Fsp3) is 0.0455. The third kappa shape index (κ3) is 4.45. The van der Waals surface area contributed by atoms with E-state index in [0.29, 0.717) is 26.0 Å². The molecular weight excluding hydrogens is 444 g/mol. The Morgan fingerprint density at radius 1 is 0.867 bits per heavy atom. The summed E-state index contributed by atoms with van der Waals surface area (Å²) in [5.41, 5.74) is 1.79. The zero-order valence-corrected chi connectivity index (χ0v) is 18.1. The van der Waals surface area contributed by atoms with Crippen molar-refractivity contribution in [2.75, 3.05) is 6.26 Å². The van der Waals surface area contributed by atoms with Crippen LogP contribution in [0.5, 0.6) is 0 Å². The normalized spacial score (nSPS) is 11.6. The second-order valence-corrected chi connectivity index (χ2v) is 10.8. The molecule has 0 N–H and O–H groups in total. The van der Waals surface area contributed by atoms with Gasteiger partial charge in [-0.2, -0.15) is 0 Å². The van der Waals surface area contributed by atoms with Crippen LogP contribution < -0.4 is 0 Å². The van der Waals surface area contributed by atoms with Gasteiger partial charge in [0.1, 0.15) is 11.6 Å². The standard InChI is InChI=1S/C22H15F2NO2S3/c1-30(26,27)19-5-3-2-4-18(19)21-20(14-6-8-15(23)9-7-14)25-22(29-21)28-17-12-10-16(24)11-13-17/h2-13H,1H3. The molecule has 0 radical (unpaired) electrons. The number of thiazole rings is 1. The molecule has 0 atom stereocenters. The predicted molar refractivity (Wildman–Crippen MR) is 117 cm³/mol. The van der Waals surface area contributed by atoms with Crippen molar-refractivity contribution in [1.29, 1.82) is 0 Å². The van der Waals surface area contributed by atoms with E-state index in [1.807, 2.05) is 0 Å². The van der Waals surface area contributed by atoms with Gasteiger partial charge in [-0.05, 0) is 54.6 Å². The molecule has 0 saturated heterocycles. The maximum Gasteiger partial charge on any atom is 0.176 e. The molecule has 3 nitrogen and oxygen atoms in total. The molecule has 1 heterocycles. The lowest BCUT2D eigenvalue weighted by atomic mass is 10.1. The lowest BCUT2D eigenvalue weighted by Crippen LogP contribution is -1.99. The molecule has 0 aliphatic rings. The SMILES string of the molecule is CS(=O)(=O)c1ccccc1-c1sc(Sc2ccc(F)cc2)nc1-c1ccc(F)cc1. The van der Waals surface area contributed by atoms with Crippen LogP contribution in [0.3, 0.4) is 0 Å². The summed E-state index contributed by atoms with van der Waals surface area (Å²) in [5.74, 6) is -0.693. The van der Waals surface area contributed by atoms with E-state index in [1.165, 1.54) is 53.6 Å². The van der Waals surface area contributed by atoms with Crippen molar-refractivity contribution in [2.24, 2.45) is 0 Å². The summed E-state index contributed by atoms with van der Waals surface area (Å²) >= 11 is 2.70. The third-order valence-corrected chi connectivity index (χ3v) is 7.59. The number of aromatic nitrogens is 1. The molecule has 0 bridgehead atoms. The molecule has 0 aliphatic heterocycles. The maximum absolute atomic E-state index is 13.4. The molecule has 8 heteroatoms. The van der Waals surface area contributed by atoms with E-state index in [0.717, 1.165) is 4.90 Å². The zero-order chi connectivity index (χ0) is 21.3. The maximum atomic E-state index is 13.4. The summed E-state index contributed by atoms with van der Waals surface area (Å²) in [4.78, 5) is 6.38. The van der Waals surface area contributed by atoms with E-state index >= 15 is 0 Å². The van der Waals surface area contributed by atoms with Gasteiger partial charge in [0.05, 0.1) is 15.5 Å². The van der Waals surface area contributed by atoms with Crippen LogP contribution >= 0.6 is 23.1 Å². The Kier molecular flexibility index (Phi) is 5.73. The Morgan fingerprint density at radius 2 is 1.47 bits per heavy atom. The van der Waals surface area contributed by atoms with Gasteiger partial charge in [-0.1, -0.05) is 30.0 Å². The molecule has 0 spiro atoms. The molecule has 4 rings (SSSR count). The first-order valence-electron chi connectivity index (χ1n) is 8.81. The smallest absolute Gasteiger partial charge is 0.176 e. The summed E-state index contributed by atoms with van der Waals surface area (Å²) in [6.45, 7) is 0. The monoisotopic (exact) mass is 459 g/mol. The van der Waals surface area contributed by atoms with Crippen molar-refractivity contribution in [3.05, 3.63) is 84.4 Å². The number of hydrogen-bond acceptors (Lipinski definition) is 5. The average molecular weight is 460 g/mol. The van der Waals surface area contributed by atoms with Crippen molar-refractivity contribution < 1.29 is 17.2 Å². The van der Waals surface area contributed by atoms with Gasteiger partial charge >= 0.3 is 0 Å². The number of hydrogen-bond donors (Lipinski definition) is 0. The second-order valence-electron chi connectivity index (χ2n) is 6.49. The Morgan fingerprint density at radius 3 is 2.10 bits per heavy atom. The topological polar surface area (TPSA) is 47.0 Å². The largest absolute Gasteiger partial charge is 0.229 e. The van der Waals surface area contributed by atoms with Gasteiger partial charge in [-0.15, -0.1) is 11.3 Å². The van der Waals surface area contributed by atoms with Gasteiger partial charge in [-0.25, -0.2) is 22.2 Å². The fourth-order valence-electron chi connectivity index (χ4n) is 2.91. The third-order valence-electron chi connectivity index (χ3n) is 4.28. The average Bonchev–Trinajstić information content (AvgIpc) is 3.13. The molecule has 0 unspecified atom stereocenters. The highest BCUT2D eigenvalue weighted by Gasteiger charge is 2.21. The molecule has 3 aromatic carbocycles. The van der Waals surface area contributed by atoms with E-state index in [-0.39, 0.29) is 16.5 Å². The first-order valence-corrected chi connectivity index (χ1v) is 12.3. The van der Waals surface area contributed by atoms with Crippen molar-refractivity contribution in [3.63, 3.8) is 0 Å². The first-order chi connectivity index (χ1) is 14.3. The van der Waals surface area contributed by atoms with Gasteiger partial charge in [0.2, 0.25) is 0 Å². The minimum atomic E-state index is -3.47. The first kappa shape index (κ1) is 20.7. The molecule has 0 saturated carbocycles. The summed E-state index contributed by atoms with van der Waals surface area (Å²) in [6, 6.07) is 18.7. The van der Waals surface area contributed by atoms with Crippen LogP contribution in [0, 0.1) is 11.6 Å². The van der Waals surface area contributed by atoms with Crippen LogP contribution in [0.4, 0.5) is 8.78 Å². The van der Waals surface area contributed by atoms with Crippen LogP contribution in [0.1, 0.15) is 0 Å². The van der Waals surface area contributed by atoms with Crippen LogP contribution in [0.25, 0.3) is 21.7 Å². The van der Waals surface area contributed by atoms with E-state index in [4.69, 9.17) is 4.98 Å². The van der Waals surface area contributed by atoms with E-state index in [9.17, 15) is 17.2 Å². The highest BCUT2D eigenvalue weighted by atomic mass is 32.2. The van der Waals surface area contributed by atoms with Gasteiger partial charge in [0.25, 0.3) is 0 Å². The van der Waals surface area contributed by atoms with Crippen LogP contribution in [-0.2, 0) is 9.84 Å². The second kappa shape index (κ2) is 8.29. The Labute approximate surface area is 181 Å². The summed E-state index contributed by atoms with van der Waals surface area (Å²) in [7, 11) is -3.47. The molecule has 0 aliphatic carbocycles. The number of halogens is 2. The van der Waals surface area contributed by atoms with Crippen molar-refractivity contribution in [1.82, 2.24) is 4.98 Å². The Bertz CT molecular complexity index is 1300. The van der Waals surface area contributed by atoms with Crippen molar-refractivity contribution in [2.45, 2.75) is 14.1 Å². The summed E-state index contributed by atoms with van der Waals surface area (Å²) < 4.78 is 52.0. The summed E-state index contributed by atoms with van der Waals surface area (Å²) in [6.07, 6.45) is 1.17. The fourth-order valence-corrected chi connectivity index (χ4v) is 6.05. The van der Waals surface area contributed by atoms with E-state index in [1.54, 1.807) is 48.5 Å². The molecule has 152 valence electrons. The van der Waals surface area contributed by atoms with Crippen molar-refractivity contribution >= 4 is 32.9 Å². The van der Waals surface area contributed by atoms with Gasteiger partial charge in [0.15, 0.2) is 14.2 Å². The van der Waals surface area contributed by atoms with Crippen LogP contribution in [-0.4, -0.2) is 19.7 Å². The molecule has 0 amide bonds. The number of nitrogens with zero attached hydrogens (tertiary/aromatic N) is 1. The Hall–Kier alpha value is -2.55. The minimum absolute atomic E-state index is 0.204. The molecule has 0 fully saturated rings. The van der Waals surface area contributed by atoms with Gasteiger partial charge < -0.3 is 0 Å². The number of sulfone groups is 1. The van der Waals surface area contributed by atoms with Crippen LogP contribution in [0.2, 0.25) is 0 Å². The van der Waals surface area contributed by atoms with E-state index in [2.05, 4.69) is 0 Å². The lowest BCUT2D eigenvalue weighted by molar-refractivity contribution is 0.602. The van der Waals surface area contributed by atoms with Gasteiger partial charge in [-0.3, -0.25) is 0 Å². The lowest BCUT2D eigenvalue weighted by Gasteiger charge is -2.08. The zero-order valence-electron chi connectivity index (χ0n) is 15.7.